The number of para-hydroxylation sites is 1. The van der Waals surface area contributed by atoms with Crippen LogP contribution < -0.4 is 24.6 Å². The molecule has 13 heteroatoms. The van der Waals surface area contributed by atoms with E-state index in [-0.39, 0.29) is 37.0 Å². The SMILES string of the molecule is COc1cc(C)c(S(=O)(=O)N(Cc2ccc3c(c2)OCO3)[C@H](CCC(=O)N2CCN(c3ccccc3)CC2)C(=O)NO)c(C)c1C. The molecule has 2 heterocycles. The van der Waals surface area contributed by atoms with Gasteiger partial charge in [0.1, 0.15) is 11.8 Å². The average molecular weight is 653 g/mol. The molecule has 0 bridgehead atoms. The van der Waals surface area contributed by atoms with Crippen molar-refractivity contribution in [1.29, 1.82) is 0 Å². The largest absolute Gasteiger partial charge is 0.496 e. The maximum atomic E-state index is 14.6. The van der Waals surface area contributed by atoms with Crippen LogP contribution in [0.5, 0.6) is 17.2 Å². The van der Waals surface area contributed by atoms with Crippen LogP contribution in [0.25, 0.3) is 0 Å². The molecule has 2 aliphatic heterocycles. The van der Waals surface area contributed by atoms with Gasteiger partial charge in [0.05, 0.1) is 12.0 Å². The summed E-state index contributed by atoms with van der Waals surface area (Å²) in [6.45, 7) is 7.22. The number of sulfonamides is 1. The zero-order valence-corrected chi connectivity index (χ0v) is 27.3. The van der Waals surface area contributed by atoms with Crippen LogP contribution >= 0.6 is 0 Å². The van der Waals surface area contributed by atoms with E-state index < -0.39 is 22.0 Å². The van der Waals surface area contributed by atoms with Crippen molar-refractivity contribution in [3.8, 4) is 17.2 Å². The maximum Gasteiger partial charge on any atom is 0.261 e. The quantitative estimate of drug-likeness (QED) is 0.235. The summed E-state index contributed by atoms with van der Waals surface area (Å²) in [6, 6.07) is 15.2. The first-order valence-electron chi connectivity index (χ1n) is 15.1. The van der Waals surface area contributed by atoms with Gasteiger partial charge in [-0.3, -0.25) is 14.8 Å². The summed E-state index contributed by atoms with van der Waals surface area (Å²) in [5.41, 5.74) is 4.81. The summed E-state index contributed by atoms with van der Waals surface area (Å²) in [7, 11) is -2.87. The number of benzene rings is 3. The number of rotatable bonds is 11. The molecule has 2 aliphatic rings. The van der Waals surface area contributed by atoms with Crippen LogP contribution in [0.15, 0.2) is 59.5 Å². The number of aryl methyl sites for hydroxylation is 1. The number of fused-ring (bicyclic) bond motifs is 1. The van der Waals surface area contributed by atoms with Crippen LogP contribution in [0.2, 0.25) is 0 Å². The van der Waals surface area contributed by atoms with E-state index in [9.17, 15) is 23.2 Å². The molecular weight excluding hydrogens is 612 g/mol. The molecule has 0 aromatic heterocycles. The van der Waals surface area contributed by atoms with Crippen molar-refractivity contribution in [3.63, 3.8) is 0 Å². The number of amides is 2. The lowest BCUT2D eigenvalue weighted by Gasteiger charge is -2.36. The van der Waals surface area contributed by atoms with Crippen LogP contribution in [-0.2, 0) is 26.2 Å². The first-order chi connectivity index (χ1) is 22.0. The zero-order valence-electron chi connectivity index (χ0n) is 26.5. The van der Waals surface area contributed by atoms with Crippen LogP contribution in [0.1, 0.15) is 35.1 Å². The number of anilines is 1. The van der Waals surface area contributed by atoms with Crippen molar-refractivity contribution in [3.05, 3.63) is 76.9 Å². The third-order valence-corrected chi connectivity index (χ3v) is 10.8. The minimum Gasteiger partial charge on any atom is -0.496 e. The second-order valence-corrected chi connectivity index (χ2v) is 13.3. The third-order valence-electron chi connectivity index (χ3n) is 8.69. The second-order valence-electron chi connectivity index (χ2n) is 11.4. The smallest absolute Gasteiger partial charge is 0.261 e. The van der Waals surface area contributed by atoms with Crippen LogP contribution in [0.3, 0.4) is 0 Å². The lowest BCUT2D eigenvalue weighted by molar-refractivity contribution is -0.135. The van der Waals surface area contributed by atoms with Crippen molar-refractivity contribution in [2.45, 2.75) is 51.1 Å². The Morgan fingerprint density at radius 2 is 1.67 bits per heavy atom. The van der Waals surface area contributed by atoms with Gasteiger partial charge in [-0.2, -0.15) is 4.31 Å². The van der Waals surface area contributed by atoms with Gasteiger partial charge in [-0.1, -0.05) is 24.3 Å². The van der Waals surface area contributed by atoms with Gasteiger partial charge >= 0.3 is 0 Å². The number of hydrogen-bond donors (Lipinski definition) is 2. The summed E-state index contributed by atoms with van der Waals surface area (Å²) in [5, 5.41) is 9.78. The van der Waals surface area contributed by atoms with Gasteiger partial charge in [-0.05, 0) is 79.8 Å². The fourth-order valence-corrected chi connectivity index (χ4v) is 8.18. The van der Waals surface area contributed by atoms with Gasteiger partial charge in [0.2, 0.25) is 22.7 Å². The number of ether oxygens (including phenoxy) is 3. The third kappa shape index (κ3) is 6.76. The van der Waals surface area contributed by atoms with E-state index in [2.05, 4.69) is 4.90 Å². The van der Waals surface area contributed by atoms with Gasteiger partial charge in [-0.15, -0.1) is 0 Å². The normalized spacial score (nSPS) is 15.2. The lowest BCUT2D eigenvalue weighted by atomic mass is 10.1. The average Bonchev–Trinajstić information content (AvgIpc) is 3.54. The van der Waals surface area contributed by atoms with Crippen molar-refractivity contribution >= 4 is 27.5 Å². The fourth-order valence-electron chi connectivity index (χ4n) is 6.08. The predicted molar refractivity (Wildman–Crippen MR) is 171 cm³/mol. The first kappa shape index (κ1) is 33.0. The predicted octanol–water partition coefficient (Wildman–Crippen LogP) is 3.54. The molecule has 0 saturated carbocycles. The molecular formula is C33H40N4O8S. The molecule has 5 rings (SSSR count). The highest BCUT2D eigenvalue weighted by Crippen LogP contribution is 2.36. The number of carbonyl (C=O) groups is 2. The Morgan fingerprint density at radius 1 is 0.978 bits per heavy atom. The Kier molecular flexibility index (Phi) is 10.0. The summed E-state index contributed by atoms with van der Waals surface area (Å²) in [4.78, 5) is 30.6. The Labute approximate surface area is 269 Å². The zero-order chi connectivity index (χ0) is 33.0. The van der Waals surface area contributed by atoms with Gasteiger partial charge in [0.25, 0.3) is 5.91 Å². The molecule has 1 fully saturated rings. The van der Waals surface area contributed by atoms with E-state index in [1.165, 1.54) is 7.11 Å². The Bertz CT molecular complexity index is 1690. The van der Waals surface area contributed by atoms with Gasteiger partial charge in [-0.25, -0.2) is 13.9 Å². The number of carbonyl (C=O) groups excluding carboxylic acids is 2. The van der Waals surface area contributed by atoms with E-state index in [0.29, 0.717) is 65.7 Å². The molecule has 246 valence electrons. The van der Waals surface area contributed by atoms with E-state index in [4.69, 9.17) is 14.2 Å². The minimum absolute atomic E-state index is 0.0330. The summed E-state index contributed by atoms with van der Waals surface area (Å²) >= 11 is 0. The van der Waals surface area contributed by atoms with Crippen LogP contribution in [-0.4, -0.2) is 80.8 Å². The van der Waals surface area contributed by atoms with E-state index in [0.717, 1.165) is 9.99 Å². The molecule has 46 heavy (non-hydrogen) atoms. The van der Waals surface area contributed by atoms with Gasteiger partial charge < -0.3 is 24.0 Å². The summed E-state index contributed by atoms with van der Waals surface area (Å²) in [5.74, 6) is 0.385. The molecule has 3 aromatic carbocycles. The molecule has 1 atom stereocenters. The maximum absolute atomic E-state index is 14.6. The standard InChI is InChI=1S/C33H40N4O8S/c1-22-18-29(43-4)23(2)24(3)32(22)46(41,42)37(20-25-10-12-28-30(19-25)45-21-44-28)27(33(39)34-40)11-13-31(38)36-16-14-35(15-17-36)26-8-6-5-7-9-26/h5-10,12,18-19,27,40H,11,13-17,20-21H2,1-4H3,(H,34,39)/t27-/m1/s1. The van der Waals surface area contributed by atoms with Crippen molar-refractivity contribution in [1.82, 2.24) is 14.7 Å². The highest BCUT2D eigenvalue weighted by molar-refractivity contribution is 7.89. The molecule has 2 N–H and O–H groups in total. The number of hydroxylamine groups is 1. The highest BCUT2D eigenvalue weighted by Gasteiger charge is 2.39. The summed E-state index contributed by atoms with van der Waals surface area (Å²) < 4.78 is 46.6. The molecule has 1 saturated heterocycles. The summed E-state index contributed by atoms with van der Waals surface area (Å²) in [6.07, 6.45) is -0.253. The Hall–Kier alpha value is -4.33. The minimum atomic E-state index is -4.38. The molecule has 2 amide bonds. The molecule has 0 spiro atoms. The van der Waals surface area contributed by atoms with Gasteiger partial charge in [0.15, 0.2) is 11.5 Å². The van der Waals surface area contributed by atoms with E-state index in [1.54, 1.807) is 55.4 Å². The molecule has 12 nitrogen and oxygen atoms in total. The van der Waals surface area contributed by atoms with Crippen molar-refractivity contribution in [2.24, 2.45) is 0 Å². The van der Waals surface area contributed by atoms with Crippen LogP contribution in [0.4, 0.5) is 5.69 Å². The second kappa shape index (κ2) is 14.0. The Balaban J connectivity index is 1.43. The highest BCUT2D eigenvalue weighted by atomic mass is 32.2. The van der Waals surface area contributed by atoms with Crippen molar-refractivity contribution < 1.29 is 37.4 Å². The number of piperazine rings is 1. The monoisotopic (exact) mass is 652 g/mol. The van der Waals surface area contributed by atoms with E-state index >= 15 is 0 Å². The molecule has 0 radical (unpaired) electrons. The first-order valence-corrected chi connectivity index (χ1v) is 16.6. The number of nitrogens with one attached hydrogen (secondary N) is 1. The number of hydrogen-bond acceptors (Lipinski definition) is 9. The van der Waals surface area contributed by atoms with Crippen molar-refractivity contribution in [2.75, 3.05) is 45.0 Å². The fraction of sp³-hybridized carbons (Fsp3) is 0.394. The topological polar surface area (TPSA) is 138 Å². The van der Waals surface area contributed by atoms with E-state index in [1.807, 2.05) is 30.3 Å². The number of methoxy groups -OCH3 is 1. The molecule has 0 aliphatic carbocycles. The molecule has 0 unspecified atom stereocenters. The lowest BCUT2D eigenvalue weighted by Crippen LogP contribution is -2.51. The Morgan fingerprint density at radius 3 is 2.35 bits per heavy atom. The van der Waals surface area contributed by atoms with Crippen LogP contribution in [0, 0.1) is 20.8 Å². The van der Waals surface area contributed by atoms with Gasteiger partial charge in [0, 0.05) is 44.8 Å². The molecule has 3 aromatic rings. The number of nitrogens with zero attached hydrogens (tertiary/aromatic N) is 3.